The minimum atomic E-state index is -0.552. The second-order valence-corrected chi connectivity index (χ2v) is 3.91. The summed E-state index contributed by atoms with van der Waals surface area (Å²) in [5.74, 6) is -0.552. The fourth-order valence-corrected chi connectivity index (χ4v) is 1.63. The van der Waals surface area contributed by atoms with Crippen LogP contribution in [0, 0.1) is 0 Å². The average Bonchev–Trinajstić information content (AvgIpc) is 2.78. The van der Waals surface area contributed by atoms with Crippen LogP contribution in [-0.2, 0) is 6.61 Å². The van der Waals surface area contributed by atoms with Gasteiger partial charge in [0.1, 0.15) is 0 Å². The number of carbonyl (C=O) groups excluding carboxylic acids is 1. The lowest BCUT2D eigenvalue weighted by atomic mass is 10.2. The number of aliphatic hydroxyl groups excluding tert-OH is 1. The van der Waals surface area contributed by atoms with Gasteiger partial charge in [-0.15, -0.1) is 0 Å². The predicted molar refractivity (Wildman–Crippen MR) is 63.0 cm³/mol. The van der Waals surface area contributed by atoms with Crippen molar-refractivity contribution in [2.45, 2.75) is 6.61 Å². The van der Waals surface area contributed by atoms with Gasteiger partial charge in [0.2, 0.25) is 0 Å². The second kappa shape index (κ2) is 4.57. The standard InChI is InChI=1S/C11H10ClN3O2/c12-9-2-1-7(6-16)10(3-9)15-5-8(4-14-15)11(13)17/h1-5,16H,6H2,(H2,13,17). The normalized spacial score (nSPS) is 10.5. The molecule has 2 rings (SSSR count). The minimum absolute atomic E-state index is 0.141. The topological polar surface area (TPSA) is 81.1 Å². The van der Waals surface area contributed by atoms with Gasteiger partial charge in [-0.2, -0.15) is 5.10 Å². The van der Waals surface area contributed by atoms with Crippen LogP contribution in [0.25, 0.3) is 5.69 Å². The fourth-order valence-electron chi connectivity index (χ4n) is 1.47. The van der Waals surface area contributed by atoms with Crippen LogP contribution in [0.5, 0.6) is 0 Å². The number of primary amides is 1. The molecule has 0 aliphatic rings. The van der Waals surface area contributed by atoms with Crippen molar-refractivity contribution in [3.8, 4) is 5.69 Å². The highest BCUT2D eigenvalue weighted by molar-refractivity contribution is 6.30. The summed E-state index contributed by atoms with van der Waals surface area (Å²) in [6, 6.07) is 5.03. The summed E-state index contributed by atoms with van der Waals surface area (Å²) in [6.45, 7) is -0.141. The molecule has 0 aliphatic heterocycles. The zero-order chi connectivity index (χ0) is 12.4. The number of nitrogens with zero attached hydrogens (tertiary/aromatic N) is 2. The monoisotopic (exact) mass is 251 g/mol. The molecule has 0 aliphatic carbocycles. The van der Waals surface area contributed by atoms with Crippen molar-refractivity contribution < 1.29 is 9.90 Å². The molecule has 1 aromatic heterocycles. The zero-order valence-electron chi connectivity index (χ0n) is 8.80. The maximum Gasteiger partial charge on any atom is 0.251 e. The van der Waals surface area contributed by atoms with Crippen molar-refractivity contribution in [2.75, 3.05) is 0 Å². The Labute approximate surface area is 102 Å². The maximum atomic E-state index is 11.0. The summed E-state index contributed by atoms with van der Waals surface area (Å²) in [5.41, 5.74) is 6.72. The molecule has 0 spiro atoms. The lowest BCUT2D eigenvalue weighted by Gasteiger charge is -2.07. The summed E-state index contributed by atoms with van der Waals surface area (Å²) < 4.78 is 1.46. The number of nitrogens with two attached hydrogens (primary N) is 1. The molecule has 0 bridgehead atoms. The number of carbonyl (C=O) groups is 1. The van der Waals surface area contributed by atoms with Crippen molar-refractivity contribution in [3.05, 3.63) is 46.7 Å². The largest absolute Gasteiger partial charge is 0.392 e. The van der Waals surface area contributed by atoms with Gasteiger partial charge < -0.3 is 10.8 Å². The van der Waals surface area contributed by atoms with E-state index in [0.29, 0.717) is 21.8 Å². The number of hydrogen-bond donors (Lipinski definition) is 2. The zero-order valence-corrected chi connectivity index (χ0v) is 9.55. The Hall–Kier alpha value is -1.85. The van der Waals surface area contributed by atoms with E-state index in [4.69, 9.17) is 17.3 Å². The van der Waals surface area contributed by atoms with Crippen LogP contribution < -0.4 is 5.73 Å². The van der Waals surface area contributed by atoms with Crippen LogP contribution in [-0.4, -0.2) is 20.8 Å². The molecule has 0 radical (unpaired) electrons. The minimum Gasteiger partial charge on any atom is -0.392 e. The lowest BCUT2D eigenvalue weighted by Crippen LogP contribution is -2.09. The molecule has 0 saturated heterocycles. The van der Waals surface area contributed by atoms with Gasteiger partial charge in [-0.05, 0) is 12.1 Å². The first-order valence-corrected chi connectivity index (χ1v) is 5.23. The van der Waals surface area contributed by atoms with Crippen molar-refractivity contribution >= 4 is 17.5 Å². The number of hydrogen-bond acceptors (Lipinski definition) is 3. The van der Waals surface area contributed by atoms with E-state index in [9.17, 15) is 9.90 Å². The molecule has 2 aromatic rings. The highest BCUT2D eigenvalue weighted by Gasteiger charge is 2.09. The molecule has 1 aromatic carbocycles. The Bertz CT molecular complexity index is 566. The third-order valence-corrected chi connectivity index (χ3v) is 2.57. The van der Waals surface area contributed by atoms with E-state index in [1.54, 1.807) is 18.2 Å². The number of halogens is 1. The molecular formula is C11H10ClN3O2. The van der Waals surface area contributed by atoms with Crippen LogP contribution in [0.1, 0.15) is 15.9 Å². The van der Waals surface area contributed by atoms with Gasteiger partial charge in [-0.1, -0.05) is 17.7 Å². The molecule has 1 heterocycles. The Balaban J connectivity index is 2.51. The highest BCUT2D eigenvalue weighted by Crippen LogP contribution is 2.20. The summed E-state index contributed by atoms with van der Waals surface area (Å²) in [7, 11) is 0. The number of amides is 1. The van der Waals surface area contributed by atoms with E-state index in [0.717, 1.165) is 0 Å². The Morgan fingerprint density at radius 3 is 2.88 bits per heavy atom. The smallest absolute Gasteiger partial charge is 0.251 e. The SMILES string of the molecule is NC(=O)c1cnn(-c2cc(Cl)ccc2CO)c1. The van der Waals surface area contributed by atoms with Crippen LogP contribution in [0.4, 0.5) is 0 Å². The van der Waals surface area contributed by atoms with Crippen LogP contribution in [0.3, 0.4) is 0 Å². The van der Waals surface area contributed by atoms with E-state index in [-0.39, 0.29) is 6.61 Å². The Kier molecular flexibility index (Phi) is 3.12. The average molecular weight is 252 g/mol. The molecule has 3 N–H and O–H groups in total. The van der Waals surface area contributed by atoms with Gasteiger partial charge in [0.15, 0.2) is 0 Å². The molecule has 0 fully saturated rings. The lowest BCUT2D eigenvalue weighted by molar-refractivity contribution is 0.100. The van der Waals surface area contributed by atoms with Crippen molar-refractivity contribution in [1.82, 2.24) is 9.78 Å². The molecule has 6 heteroatoms. The van der Waals surface area contributed by atoms with E-state index >= 15 is 0 Å². The van der Waals surface area contributed by atoms with Gasteiger partial charge >= 0.3 is 0 Å². The number of aliphatic hydroxyl groups is 1. The van der Waals surface area contributed by atoms with Gasteiger partial charge in [0, 0.05) is 16.8 Å². The first-order valence-electron chi connectivity index (χ1n) is 4.86. The highest BCUT2D eigenvalue weighted by atomic mass is 35.5. The molecule has 88 valence electrons. The quantitative estimate of drug-likeness (QED) is 0.858. The third kappa shape index (κ3) is 2.30. The van der Waals surface area contributed by atoms with Crippen molar-refractivity contribution in [1.29, 1.82) is 0 Å². The Morgan fingerprint density at radius 2 is 2.29 bits per heavy atom. The summed E-state index contributed by atoms with van der Waals surface area (Å²) in [5, 5.41) is 13.7. The van der Waals surface area contributed by atoms with Crippen molar-refractivity contribution in [2.24, 2.45) is 5.73 Å². The van der Waals surface area contributed by atoms with Crippen LogP contribution in [0.2, 0.25) is 5.02 Å². The fraction of sp³-hybridized carbons (Fsp3) is 0.0909. The Morgan fingerprint density at radius 1 is 1.53 bits per heavy atom. The summed E-state index contributed by atoms with van der Waals surface area (Å²) >= 11 is 5.88. The van der Waals surface area contributed by atoms with E-state index < -0.39 is 5.91 Å². The van der Waals surface area contributed by atoms with Crippen LogP contribution in [0.15, 0.2) is 30.6 Å². The van der Waals surface area contributed by atoms with Gasteiger partial charge in [0.25, 0.3) is 5.91 Å². The molecule has 1 amide bonds. The van der Waals surface area contributed by atoms with E-state index in [1.807, 2.05) is 0 Å². The number of rotatable bonds is 3. The molecule has 5 nitrogen and oxygen atoms in total. The van der Waals surface area contributed by atoms with Crippen LogP contribution >= 0.6 is 11.6 Å². The first-order chi connectivity index (χ1) is 8.11. The van der Waals surface area contributed by atoms with Gasteiger partial charge in [-0.3, -0.25) is 4.79 Å². The summed E-state index contributed by atoms with van der Waals surface area (Å²) in [6.07, 6.45) is 2.86. The second-order valence-electron chi connectivity index (χ2n) is 3.47. The number of aromatic nitrogens is 2. The molecule has 17 heavy (non-hydrogen) atoms. The molecule has 0 unspecified atom stereocenters. The summed E-state index contributed by atoms with van der Waals surface area (Å²) in [4.78, 5) is 11.0. The predicted octanol–water partition coefficient (Wildman–Crippen LogP) is 1.12. The van der Waals surface area contributed by atoms with Crippen molar-refractivity contribution in [3.63, 3.8) is 0 Å². The van der Waals surface area contributed by atoms with Gasteiger partial charge in [-0.25, -0.2) is 4.68 Å². The molecule has 0 saturated carbocycles. The molecular weight excluding hydrogens is 242 g/mol. The number of benzene rings is 1. The van der Waals surface area contributed by atoms with Gasteiger partial charge in [0.05, 0.1) is 24.1 Å². The van der Waals surface area contributed by atoms with E-state index in [2.05, 4.69) is 5.10 Å². The van der Waals surface area contributed by atoms with E-state index in [1.165, 1.54) is 17.1 Å². The maximum absolute atomic E-state index is 11.0. The molecule has 0 atom stereocenters. The first kappa shape index (κ1) is 11.6. The third-order valence-electron chi connectivity index (χ3n) is 2.33.